The number of piperazine rings is 1. The quantitative estimate of drug-likeness (QED) is 0.756. The van der Waals surface area contributed by atoms with Crippen LogP contribution < -0.4 is 10.6 Å². The van der Waals surface area contributed by atoms with E-state index in [1.165, 1.54) is 12.5 Å². The van der Waals surface area contributed by atoms with Gasteiger partial charge in [-0.1, -0.05) is 12.1 Å². The lowest BCUT2D eigenvalue weighted by Gasteiger charge is -2.27. The maximum absolute atomic E-state index is 13.3. The molecule has 0 spiro atoms. The van der Waals surface area contributed by atoms with Crippen LogP contribution in [0.25, 0.3) is 0 Å². The molecule has 100 valence electrons. The van der Waals surface area contributed by atoms with Crippen LogP contribution in [0.1, 0.15) is 12.8 Å². The molecule has 0 aromatic heterocycles. The molecule has 1 aliphatic rings. The van der Waals surface area contributed by atoms with Crippen molar-refractivity contribution < 1.29 is 4.39 Å². The lowest BCUT2D eigenvalue weighted by atomic mass is 10.2. The van der Waals surface area contributed by atoms with E-state index in [1.807, 2.05) is 6.07 Å². The Bertz CT molecular complexity index is 351. The highest BCUT2D eigenvalue weighted by molar-refractivity contribution is 5.44. The molecule has 1 heterocycles. The number of halogens is 1. The van der Waals surface area contributed by atoms with Crippen molar-refractivity contribution in [2.24, 2.45) is 0 Å². The molecule has 0 aliphatic carbocycles. The zero-order valence-corrected chi connectivity index (χ0v) is 10.8. The third-order valence-corrected chi connectivity index (χ3v) is 3.30. The molecule has 2 rings (SSSR count). The van der Waals surface area contributed by atoms with Crippen molar-refractivity contribution in [1.82, 2.24) is 10.2 Å². The standard InChI is InChI=1S/C14H22FN3/c15-13-5-1-2-6-14(13)17-7-3-4-10-18-11-8-16-9-12-18/h1-2,5-6,16-17H,3-4,7-12H2. The molecule has 1 aliphatic heterocycles. The molecule has 0 saturated carbocycles. The molecule has 0 atom stereocenters. The third-order valence-electron chi connectivity index (χ3n) is 3.30. The van der Waals surface area contributed by atoms with Gasteiger partial charge in [-0.2, -0.15) is 0 Å². The number of rotatable bonds is 6. The highest BCUT2D eigenvalue weighted by atomic mass is 19.1. The van der Waals surface area contributed by atoms with Crippen molar-refractivity contribution in [2.45, 2.75) is 12.8 Å². The Balaban J connectivity index is 1.57. The zero-order chi connectivity index (χ0) is 12.6. The van der Waals surface area contributed by atoms with Crippen molar-refractivity contribution in [3.05, 3.63) is 30.1 Å². The van der Waals surface area contributed by atoms with Crippen molar-refractivity contribution in [2.75, 3.05) is 44.6 Å². The van der Waals surface area contributed by atoms with Gasteiger partial charge in [0.15, 0.2) is 0 Å². The number of hydrogen-bond donors (Lipinski definition) is 2. The van der Waals surface area contributed by atoms with Gasteiger partial charge in [-0.3, -0.25) is 0 Å². The molecular formula is C14H22FN3. The monoisotopic (exact) mass is 251 g/mol. The molecular weight excluding hydrogens is 229 g/mol. The lowest BCUT2D eigenvalue weighted by molar-refractivity contribution is 0.237. The largest absolute Gasteiger partial charge is 0.383 e. The number of nitrogens with zero attached hydrogens (tertiary/aromatic N) is 1. The number of benzene rings is 1. The summed E-state index contributed by atoms with van der Waals surface area (Å²) in [5, 5.41) is 6.49. The van der Waals surface area contributed by atoms with Crippen LogP contribution in [0.3, 0.4) is 0 Å². The highest BCUT2D eigenvalue weighted by Crippen LogP contribution is 2.12. The Morgan fingerprint density at radius 1 is 1.17 bits per heavy atom. The number of unbranched alkanes of at least 4 members (excludes halogenated alkanes) is 1. The molecule has 3 nitrogen and oxygen atoms in total. The number of hydrogen-bond acceptors (Lipinski definition) is 3. The van der Waals surface area contributed by atoms with E-state index >= 15 is 0 Å². The van der Waals surface area contributed by atoms with Gasteiger partial charge in [0.05, 0.1) is 5.69 Å². The summed E-state index contributed by atoms with van der Waals surface area (Å²) in [6.45, 7) is 6.51. The normalized spacial score (nSPS) is 16.7. The average molecular weight is 251 g/mol. The first-order chi connectivity index (χ1) is 8.86. The van der Waals surface area contributed by atoms with Crippen LogP contribution in [0.2, 0.25) is 0 Å². The molecule has 0 radical (unpaired) electrons. The Hall–Kier alpha value is -1.13. The first kappa shape index (κ1) is 13.3. The molecule has 1 aromatic carbocycles. The number of nitrogens with one attached hydrogen (secondary N) is 2. The van der Waals surface area contributed by atoms with E-state index in [9.17, 15) is 4.39 Å². The van der Waals surface area contributed by atoms with Gasteiger partial charge in [-0.25, -0.2) is 4.39 Å². The van der Waals surface area contributed by atoms with Crippen LogP contribution in [-0.2, 0) is 0 Å². The van der Waals surface area contributed by atoms with Crippen molar-refractivity contribution >= 4 is 5.69 Å². The fourth-order valence-electron chi connectivity index (χ4n) is 2.22. The van der Waals surface area contributed by atoms with E-state index in [0.717, 1.165) is 45.7 Å². The van der Waals surface area contributed by atoms with E-state index in [4.69, 9.17) is 0 Å². The zero-order valence-electron chi connectivity index (χ0n) is 10.8. The summed E-state index contributed by atoms with van der Waals surface area (Å²) in [5.41, 5.74) is 0.611. The minimum absolute atomic E-state index is 0.167. The highest BCUT2D eigenvalue weighted by Gasteiger charge is 2.08. The Morgan fingerprint density at radius 3 is 2.72 bits per heavy atom. The predicted molar refractivity (Wildman–Crippen MR) is 73.4 cm³/mol. The van der Waals surface area contributed by atoms with Crippen LogP contribution >= 0.6 is 0 Å². The summed E-state index contributed by atoms with van der Waals surface area (Å²) in [4.78, 5) is 2.49. The molecule has 1 fully saturated rings. The fraction of sp³-hybridized carbons (Fsp3) is 0.571. The van der Waals surface area contributed by atoms with Crippen LogP contribution in [0.15, 0.2) is 24.3 Å². The van der Waals surface area contributed by atoms with E-state index in [2.05, 4.69) is 15.5 Å². The van der Waals surface area contributed by atoms with Gasteiger partial charge < -0.3 is 15.5 Å². The molecule has 1 saturated heterocycles. The second-order valence-electron chi connectivity index (χ2n) is 4.71. The van der Waals surface area contributed by atoms with Crippen LogP contribution in [-0.4, -0.2) is 44.2 Å². The molecule has 18 heavy (non-hydrogen) atoms. The van der Waals surface area contributed by atoms with E-state index in [1.54, 1.807) is 12.1 Å². The van der Waals surface area contributed by atoms with Gasteiger partial charge >= 0.3 is 0 Å². The predicted octanol–water partition coefficient (Wildman–Crippen LogP) is 1.92. The van der Waals surface area contributed by atoms with Gasteiger partial charge in [-0.15, -0.1) is 0 Å². The SMILES string of the molecule is Fc1ccccc1NCCCCN1CCNCC1. The lowest BCUT2D eigenvalue weighted by Crippen LogP contribution is -2.43. The maximum Gasteiger partial charge on any atom is 0.146 e. The maximum atomic E-state index is 13.3. The minimum atomic E-state index is -0.167. The van der Waals surface area contributed by atoms with E-state index in [0.29, 0.717) is 5.69 Å². The topological polar surface area (TPSA) is 27.3 Å². The molecule has 2 N–H and O–H groups in total. The number of anilines is 1. The third kappa shape index (κ3) is 4.27. The van der Waals surface area contributed by atoms with Crippen LogP contribution in [0.4, 0.5) is 10.1 Å². The average Bonchev–Trinajstić information content (AvgIpc) is 2.42. The molecule has 0 amide bonds. The van der Waals surface area contributed by atoms with Crippen LogP contribution in [0, 0.1) is 5.82 Å². The summed E-state index contributed by atoms with van der Waals surface area (Å²) in [6.07, 6.45) is 2.25. The first-order valence-corrected chi connectivity index (χ1v) is 6.78. The van der Waals surface area contributed by atoms with Crippen molar-refractivity contribution in [3.8, 4) is 0 Å². The smallest absolute Gasteiger partial charge is 0.146 e. The number of para-hydroxylation sites is 1. The van der Waals surface area contributed by atoms with Crippen molar-refractivity contribution in [3.63, 3.8) is 0 Å². The second kappa shape index (κ2) is 7.34. The van der Waals surface area contributed by atoms with Crippen LogP contribution in [0.5, 0.6) is 0 Å². The molecule has 4 heteroatoms. The fourth-order valence-corrected chi connectivity index (χ4v) is 2.22. The molecule has 0 bridgehead atoms. The summed E-state index contributed by atoms with van der Waals surface area (Å²) in [7, 11) is 0. The van der Waals surface area contributed by atoms with Gasteiger partial charge in [-0.05, 0) is 31.5 Å². The van der Waals surface area contributed by atoms with Gasteiger partial charge in [0.2, 0.25) is 0 Å². The summed E-state index contributed by atoms with van der Waals surface area (Å²) >= 11 is 0. The Labute approximate surface area is 108 Å². The van der Waals surface area contributed by atoms with Crippen molar-refractivity contribution in [1.29, 1.82) is 0 Å². The van der Waals surface area contributed by atoms with E-state index in [-0.39, 0.29) is 5.82 Å². The minimum Gasteiger partial charge on any atom is -0.383 e. The Morgan fingerprint density at radius 2 is 1.94 bits per heavy atom. The van der Waals surface area contributed by atoms with Gasteiger partial charge in [0.25, 0.3) is 0 Å². The van der Waals surface area contributed by atoms with E-state index < -0.39 is 0 Å². The summed E-state index contributed by atoms with van der Waals surface area (Å²) in [6, 6.07) is 6.84. The Kier molecular flexibility index (Phi) is 5.42. The summed E-state index contributed by atoms with van der Waals surface area (Å²) in [5.74, 6) is -0.167. The molecule has 0 unspecified atom stereocenters. The first-order valence-electron chi connectivity index (χ1n) is 6.78. The summed E-state index contributed by atoms with van der Waals surface area (Å²) < 4.78 is 13.3. The second-order valence-corrected chi connectivity index (χ2v) is 4.71. The van der Waals surface area contributed by atoms with Gasteiger partial charge in [0.1, 0.15) is 5.82 Å². The van der Waals surface area contributed by atoms with Gasteiger partial charge in [0, 0.05) is 32.7 Å². The molecule has 1 aromatic rings.